The molecule has 1 nitrogen and oxygen atoms in total. The molecule has 0 radical (unpaired) electrons. The van der Waals surface area contributed by atoms with E-state index in [2.05, 4.69) is 22.6 Å². The third-order valence-corrected chi connectivity index (χ3v) is 0.703. The minimum Gasteiger partial charge on any atom is -0.516 e. The normalized spacial score (nSPS) is 9.80. The van der Waals surface area contributed by atoms with E-state index in [0.29, 0.717) is 0 Å². The summed E-state index contributed by atoms with van der Waals surface area (Å²) in [5.41, 5.74) is 0. The van der Waals surface area contributed by atoms with Crippen LogP contribution in [-0.2, 0) is 0 Å². The average molecular weight is 184 g/mol. The predicted octanol–water partition coefficient (Wildman–Crippen LogP) is 1.49. The molecule has 0 aromatic carbocycles. The Kier molecular flexibility index (Phi) is 4.50. The summed E-state index contributed by atoms with van der Waals surface area (Å²) in [6.45, 7) is 0. The minimum atomic E-state index is 0.883. The highest BCUT2D eigenvalue weighted by Crippen LogP contribution is 1.77. The number of allylic oxidation sites excluding steroid dienone is 1. The first kappa shape index (κ1) is 5.27. The van der Waals surface area contributed by atoms with E-state index < -0.39 is 0 Å². The third-order valence-electron chi connectivity index (χ3n) is 0.194. The van der Waals surface area contributed by atoms with Crippen LogP contribution in [0.5, 0.6) is 0 Å². The molecule has 0 aromatic rings. The van der Waals surface area contributed by atoms with E-state index in [0.717, 1.165) is 10.7 Å². The molecule has 0 aromatic heterocycles. The predicted molar refractivity (Wildman–Crippen MR) is 30.7 cm³/mol. The minimum absolute atomic E-state index is 0.883. The standard InChI is InChI=1S/C3H5IO/c4-2-1-3-5/h1,3,5H,2H2/b3-1+. The van der Waals surface area contributed by atoms with Gasteiger partial charge in [0.1, 0.15) is 0 Å². The van der Waals surface area contributed by atoms with Crippen LogP contribution in [0.3, 0.4) is 0 Å². The first-order valence-corrected chi connectivity index (χ1v) is 2.79. The summed E-state index contributed by atoms with van der Waals surface area (Å²) >= 11 is 2.14. The molecule has 0 saturated heterocycles. The summed E-state index contributed by atoms with van der Waals surface area (Å²) in [7, 11) is 0. The fourth-order valence-corrected chi connectivity index (χ4v) is 0.267. The lowest BCUT2D eigenvalue weighted by Crippen LogP contribution is -1.52. The summed E-state index contributed by atoms with van der Waals surface area (Å²) < 4.78 is 0.883. The number of hydrogen-bond donors (Lipinski definition) is 1. The van der Waals surface area contributed by atoms with E-state index in [9.17, 15) is 0 Å². The van der Waals surface area contributed by atoms with Gasteiger partial charge < -0.3 is 5.11 Å². The van der Waals surface area contributed by atoms with Crippen molar-refractivity contribution < 1.29 is 5.11 Å². The molecule has 0 spiro atoms. The summed E-state index contributed by atoms with van der Waals surface area (Å²) in [6.07, 6.45) is 2.72. The van der Waals surface area contributed by atoms with Crippen molar-refractivity contribution in [3.8, 4) is 0 Å². The van der Waals surface area contributed by atoms with Crippen molar-refractivity contribution >= 4 is 22.6 Å². The van der Waals surface area contributed by atoms with Gasteiger partial charge in [-0.15, -0.1) is 0 Å². The Morgan fingerprint density at radius 3 is 2.40 bits per heavy atom. The number of halogens is 1. The highest BCUT2D eigenvalue weighted by Gasteiger charge is 1.55. The monoisotopic (exact) mass is 184 g/mol. The van der Waals surface area contributed by atoms with E-state index >= 15 is 0 Å². The Bertz CT molecular complexity index is 33.9. The number of alkyl halides is 1. The fourth-order valence-electron chi connectivity index (χ4n) is 0.0398. The molecule has 0 aliphatic carbocycles. The van der Waals surface area contributed by atoms with Crippen molar-refractivity contribution in [3.05, 3.63) is 12.3 Å². The second-order valence-corrected chi connectivity index (χ2v) is 1.42. The van der Waals surface area contributed by atoms with Crippen LogP contribution in [0.15, 0.2) is 12.3 Å². The number of aliphatic hydroxyl groups excluding tert-OH is 1. The van der Waals surface area contributed by atoms with Crippen LogP contribution in [0.2, 0.25) is 0 Å². The van der Waals surface area contributed by atoms with Crippen LogP contribution in [0.4, 0.5) is 0 Å². The summed E-state index contributed by atoms with van der Waals surface area (Å²) in [6, 6.07) is 0. The highest BCUT2D eigenvalue weighted by atomic mass is 127. The second kappa shape index (κ2) is 4.27. The molecular formula is C3H5IO. The molecule has 0 aliphatic heterocycles. The average Bonchev–Trinajstić information content (AvgIpc) is 1.41. The molecule has 0 atom stereocenters. The number of hydrogen-bond acceptors (Lipinski definition) is 1. The van der Waals surface area contributed by atoms with Gasteiger partial charge in [-0.25, -0.2) is 0 Å². The van der Waals surface area contributed by atoms with Gasteiger partial charge in [-0.2, -0.15) is 0 Å². The summed E-state index contributed by atoms with van der Waals surface area (Å²) in [5, 5.41) is 7.88. The van der Waals surface area contributed by atoms with Gasteiger partial charge in [0.15, 0.2) is 0 Å². The Balaban J connectivity index is 2.62. The molecule has 0 fully saturated rings. The molecule has 30 valence electrons. The smallest absolute Gasteiger partial charge is 0.0759 e. The zero-order valence-electron chi connectivity index (χ0n) is 2.69. The van der Waals surface area contributed by atoms with Gasteiger partial charge in [-0.3, -0.25) is 0 Å². The molecule has 0 unspecified atom stereocenters. The molecule has 0 heterocycles. The van der Waals surface area contributed by atoms with E-state index in [4.69, 9.17) is 5.11 Å². The van der Waals surface area contributed by atoms with Gasteiger partial charge >= 0.3 is 0 Å². The quantitative estimate of drug-likeness (QED) is 0.371. The van der Waals surface area contributed by atoms with Crippen LogP contribution < -0.4 is 0 Å². The van der Waals surface area contributed by atoms with Crippen molar-refractivity contribution in [1.29, 1.82) is 0 Å². The van der Waals surface area contributed by atoms with Crippen molar-refractivity contribution in [3.63, 3.8) is 0 Å². The van der Waals surface area contributed by atoms with Crippen molar-refractivity contribution in [2.75, 3.05) is 4.43 Å². The Labute approximate surface area is 44.8 Å². The molecule has 0 rings (SSSR count). The van der Waals surface area contributed by atoms with Crippen LogP contribution in [0.25, 0.3) is 0 Å². The largest absolute Gasteiger partial charge is 0.516 e. The summed E-state index contributed by atoms with van der Waals surface area (Å²) in [5.74, 6) is 0. The maximum absolute atomic E-state index is 7.88. The Morgan fingerprint density at radius 2 is 2.40 bits per heavy atom. The van der Waals surface area contributed by atoms with Crippen molar-refractivity contribution in [1.82, 2.24) is 0 Å². The molecule has 0 aliphatic rings. The van der Waals surface area contributed by atoms with Crippen LogP contribution in [-0.4, -0.2) is 9.53 Å². The maximum Gasteiger partial charge on any atom is 0.0759 e. The molecule has 0 bridgehead atoms. The summed E-state index contributed by atoms with van der Waals surface area (Å²) in [4.78, 5) is 0. The molecule has 1 N–H and O–H groups in total. The molecule has 2 heteroatoms. The van der Waals surface area contributed by atoms with Crippen LogP contribution in [0.1, 0.15) is 0 Å². The zero-order valence-corrected chi connectivity index (χ0v) is 4.84. The molecular weight excluding hydrogens is 179 g/mol. The van der Waals surface area contributed by atoms with Crippen LogP contribution in [0, 0.1) is 0 Å². The van der Waals surface area contributed by atoms with Gasteiger partial charge in [0.25, 0.3) is 0 Å². The van der Waals surface area contributed by atoms with Gasteiger partial charge in [-0.1, -0.05) is 22.6 Å². The first-order valence-electron chi connectivity index (χ1n) is 1.27. The van der Waals surface area contributed by atoms with E-state index in [1.165, 1.54) is 0 Å². The van der Waals surface area contributed by atoms with Gasteiger partial charge in [0.05, 0.1) is 6.26 Å². The molecule has 0 saturated carbocycles. The Hall–Kier alpha value is 0.270. The lowest BCUT2D eigenvalue weighted by molar-refractivity contribution is 0.473. The SMILES string of the molecule is O/C=C/CI. The number of aliphatic hydroxyl groups is 1. The lowest BCUT2D eigenvalue weighted by atomic mass is 10.7. The number of rotatable bonds is 1. The highest BCUT2D eigenvalue weighted by molar-refractivity contribution is 14.1. The zero-order chi connectivity index (χ0) is 4.12. The van der Waals surface area contributed by atoms with Gasteiger partial charge in [-0.05, 0) is 6.08 Å². The maximum atomic E-state index is 7.88. The molecule has 5 heavy (non-hydrogen) atoms. The Morgan fingerprint density at radius 1 is 1.80 bits per heavy atom. The van der Waals surface area contributed by atoms with E-state index in [1.54, 1.807) is 6.08 Å². The van der Waals surface area contributed by atoms with Crippen molar-refractivity contribution in [2.45, 2.75) is 0 Å². The van der Waals surface area contributed by atoms with Crippen LogP contribution >= 0.6 is 22.6 Å². The van der Waals surface area contributed by atoms with E-state index in [-0.39, 0.29) is 0 Å². The topological polar surface area (TPSA) is 20.2 Å². The third kappa shape index (κ3) is 4.27. The first-order chi connectivity index (χ1) is 2.41. The lowest BCUT2D eigenvalue weighted by Gasteiger charge is -1.64. The fraction of sp³-hybridized carbons (Fsp3) is 0.333. The van der Waals surface area contributed by atoms with Gasteiger partial charge in [0, 0.05) is 4.43 Å². The van der Waals surface area contributed by atoms with Gasteiger partial charge in [0.2, 0.25) is 0 Å². The van der Waals surface area contributed by atoms with E-state index in [1.807, 2.05) is 0 Å². The second-order valence-electron chi connectivity index (χ2n) is 0.539. The van der Waals surface area contributed by atoms with Crippen molar-refractivity contribution in [2.24, 2.45) is 0 Å². The molecule has 0 amide bonds.